The van der Waals surface area contributed by atoms with Crippen molar-refractivity contribution in [1.82, 2.24) is 0 Å². The van der Waals surface area contributed by atoms with E-state index in [1.165, 1.54) is 6.07 Å². The molecule has 0 aliphatic carbocycles. The van der Waals surface area contributed by atoms with Crippen molar-refractivity contribution in [3.8, 4) is 5.75 Å². The number of hydrogen-bond donors (Lipinski definition) is 0. The van der Waals surface area contributed by atoms with E-state index >= 15 is 0 Å². The Balaban J connectivity index is 2.00. The lowest BCUT2D eigenvalue weighted by atomic mass is 9.72. The Kier molecular flexibility index (Phi) is 5.54. The third-order valence-electron chi connectivity index (χ3n) is 4.45. The molecule has 0 bridgehead atoms. The van der Waals surface area contributed by atoms with Gasteiger partial charge >= 0.3 is 7.12 Å². The molecule has 1 fully saturated rings. The van der Waals surface area contributed by atoms with Crippen LogP contribution in [-0.2, 0) is 9.31 Å². The molecule has 1 aliphatic rings. The molecule has 1 unspecified atom stereocenters. The van der Waals surface area contributed by atoms with E-state index in [1.54, 1.807) is 25.3 Å². The Labute approximate surface area is 166 Å². The average molecular weight is 467 g/mol. The summed E-state index contributed by atoms with van der Waals surface area (Å²) in [5.41, 5.74) is 1.07. The molecule has 2 aromatic rings. The number of benzene rings is 2. The van der Waals surface area contributed by atoms with E-state index in [1.807, 2.05) is 32.0 Å². The number of hydrogen-bond acceptors (Lipinski definition) is 5. The molecule has 3 rings (SSSR count). The van der Waals surface area contributed by atoms with Gasteiger partial charge in [-0.25, -0.2) is 0 Å². The van der Waals surface area contributed by atoms with Gasteiger partial charge in [0.1, 0.15) is 5.75 Å². The minimum atomic E-state index is -0.616. The van der Waals surface area contributed by atoms with E-state index in [0.29, 0.717) is 17.9 Å². The fourth-order valence-corrected chi connectivity index (χ4v) is 3.67. The minimum Gasteiger partial charge on any atom is -0.497 e. The number of ether oxygens (including phenoxy) is 1. The van der Waals surface area contributed by atoms with E-state index in [4.69, 9.17) is 14.0 Å². The maximum absolute atomic E-state index is 11.5. The van der Waals surface area contributed by atoms with Crippen LogP contribution < -0.4 is 10.2 Å². The van der Waals surface area contributed by atoms with Crippen molar-refractivity contribution in [2.75, 3.05) is 13.7 Å². The molecule has 0 amide bonds. The highest BCUT2D eigenvalue weighted by Gasteiger charge is 2.45. The van der Waals surface area contributed by atoms with Crippen molar-refractivity contribution >= 4 is 40.9 Å². The monoisotopic (exact) mass is 467 g/mol. The third kappa shape index (κ3) is 3.72. The van der Waals surface area contributed by atoms with Crippen molar-refractivity contribution in [3.05, 3.63) is 61.7 Å². The number of nitro benzene ring substituents is 1. The summed E-state index contributed by atoms with van der Waals surface area (Å²) in [6, 6.07) is 12.4. The Morgan fingerprint density at radius 2 is 2.04 bits per heavy atom. The van der Waals surface area contributed by atoms with Crippen LogP contribution in [-0.4, -0.2) is 25.8 Å². The van der Waals surface area contributed by atoms with Crippen molar-refractivity contribution in [2.24, 2.45) is 5.41 Å². The lowest BCUT2D eigenvalue weighted by Crippen LogP contribution is -2.50. The standard InChI is InChI=1S/C18H19BINO5/c1-18(2)11-25-19(14-10-12(24-3)8-9-15(14)20)26-17(18)13-6-4-5-7-16(13)21(22)23/h4-10,17H,11H2,1-3H3. The summed E-state index contributed by atoms with van der Waals surface area (Å²) < 4.78 is 18.5. The van der Waals surface area contributed by atoms with Crippen LogP contribution in [0.4, 0.5) is 5.69 Å². The van der Waals surface area contributed by atoms with E-state index in [9.17, 15) is 10.1 Å². The maximum atomic E-state index is 11.5. The van der Waals surface area contributed by atoms with Gasteiger partial charge in [0.05, 0.1) is 23.7 Å². The molecular weight excluding hydrogens is 448 g/mol. The topological polar surface area (TPSA) is 70.8 Å². The fourth-order valence-electron chi connectivity index (χ4n) is 3.08. The Hall–Kier alpha value is -1.65. The molecule has 0 aromatic heterocycles. The summed E-state index contributed by atoms with van der Waals surface area (Å²) in [6.07, 6.45) is -0.468. The van der Waals surface area contributed by atoms with Crippen LogP contribution in [0, 0.1) is 19.1 Å². The number of nitro groups is 1. The van der Waals surface area contributed by atoms with Gasteiger partial charge in [0, 0.05) is 21.7 Å². The van der Waals surface area contributed by atoms with Crippen LogP contribution in [0.15, 0.2) is 42.5 Å². The molecule has 0 N–H and O–H groups in total. The van der Waals surface area contributed by atoms with Crippen LogP contribution in [0.25, 0.3) is 0 Å². The second-order valence-electron chi connectivity index (χ2n) is 6.85. The van der Waals surface area contributed by atoms with Crippen LogP contribution in [0.2, 0.25) is 0 Å². The largest absolute Gasteiger partial charge is 0.497 e. The minimum absolute atomic E-state index is 0.0616. The van der Waals surface area contributed by atoms with Gasteiger partial charge in [0.15, 0.2) is 0 Å². The Morgan fingerprint density at radius 1 is 1.31 bits per heavy atom. The predicted octanol–water partition coefficient (Wildman–Crippen LogP) is 3.72. The molecule has 136 valence electrons. The zero-order valence-corrected chi connectivity index (χ0v) is 16.9. The Bertz CT molecular complexity index is 829. The first kappa shape index (κ1) is 19.1. The van der Waals surface area contributed by atoms with E-state index in [-0.39, 0.29) is 10.6 Å². The first-order valence-electron chi connectivity index (χ1n) is 8.17. The molecule has 1 saturated heterocycles. The molecule has 1 aliphatic heterocycles. The van der Waals surface area contributed by atoms with Crippen molar-refractivity contribution < 1.29 is 19.0 Å². The van der Waals surface area contributed by atoms with Gasteiger partial charge in [-0.3, -0.25) is 10.1 Å². The smallest absolute Gasteiger partial charge is 0.495 e. The van der Waals surface area contributed by atoms with Gasteiger partial charge in [0.2, 0.25) is 0 Å². The van der Waals surface area contributed by atoms with Gasteiger partial charge < -0.3 is 14.0 Å². The molecule has 0 radical (unpaired) electrons. The fraction of sp³-hybridized carbons (Fsp3) is 0.333. The summed E-state index contributed by atoms with van der Waals surface area (Å²) in [5.74, 6) is 0.708. The lowest BCUT2D eigenvalue weighted by Gasteiger charge is -2.41. The van der Waals surface area contributed by atoms with Crippen molar-refractivity contribution in [3.63, 3.8) is 0 Å². The molecule has 26 heavy (non-hydrogen) atoms. The maximum Gasteiger partial charge on any atom is 0.495 e. The van der Waals surface area contributed by atoms with Gasteiger partial charge in [-0.05, 0) is 52.3 Å². The summed E-state index contributed by atoms with van der Waals surface area (Å²) in [5, 5.41) is 11.5. The molecule has 8 heteroatoms. The highest BCUT2D eigenvalue weighted by Crippen LogP contribution is 2.43. The zero-order chi connectivity index (χ0) is 18.9. The number of rotatable bonds is 4. The first-order chi connectivity index (χ1) is 12.3. The molecule has 1 heterocycles. The van der Waals surface area contributed by atoms with E-state index < -0.39 is 18.6 Å². The second kappa shape index (κ2) is 7.54. The average Bonchev–Trinajstić information content (AvgIpc) is 2.62. The van der Waals surface area contributed by atoms with Gasteiger partial charge in [0.25, 0.3) is 5.69 Å². The zero-order valence-electron chi connectivity index (χ0n) is 14.8. The first-order valence-corrected chi connectivity index (χ1v) is 9.25. The van der Waals surface area contributed by atoms with Crippen LogP contribution in [0.3, 0.4) is 0 Å². The van der Waals surface area contributed by atoms with Crippen molar-refractivity contribution in [1.29, 1.82) is 0 Å². The molecule has 0 spiro atoms. The number of methoxy groups -OCH3 is 1. The van der Waals surface area contributed by atoms with Crippen LogP contribution in [0.5, 0.6) is 5.75 Å². The SMILES string of the molecule is COc1ccc(I)c(B2OCC(C)(C)C(c3ccccc3[N+](=O)[O-])O2)c1. The van der Waals surface area contributed by atoms with E-state index in [0.717, 1.165) is 9.03 Å². The van der Waals surface area contributed by atoms with Crippen LogP contribution in [0.1, 0.15) is 25.5 Å². The molecular formula is C18H19BINO5. The molecule has 1 atom stereocenters. The number of halogens is 1. The summed E-state index contributed by atoms with van der Waals surface area (Å²) in [6.45, 7) is 4.39. The highest BCUT2D eigenvalue weighted by atomic mass is 127. The molecule has 6 nitrogen and oxygen atoms in total. The lowest BCUT2D eigenvalue weighted by molar-refractivity contribution is -0.386. The predicted molar refractivity (Wildman–Crippen MR) is 108 cm³/mol. The second-order valence-corrected chi connectivity index (χ2v) is 8.01. The quantitative estimate of drug-likeness (QED) is 0.297. The summed E-state index contributed by atoms with van der Waals surface area (Å²) >= 11 is 2.22. The number of para-hydroxylation sites is 1. The Morgan fingerprint density at radius 3 is 2.73 bits per heavy atom. The number of nitrogens with zero attached hydrogens (tertiary/aromatic N) is 1. The third-order valence-corrected chi connectivity index (χ3v) is 5.43. The van der Waals surface area contributed by atoms with Crippen molar-refractivity contribution in [2.45, 2.75) is 20.0 Å². The van der Waals surface area contributed by atoms with Crippen LogP contribution >= 0.6 is 22.6 Å². The summed E-state index contributed by atoms with van der Waals surface area (Å²) in [7, 11) is 0.989. The molecule has 2 aromatic carbocycles. The van der Waals surface area contributed by atoms with Gasteiger partial charge in [-0.2, -0.15) is 0 Å². The highest BCUT2D eigenvalue weighted by molar-refractivity contribution is 14.1. The molecule has 0 saturated carbocycles. The summed E-state index contributed by atoms with van der Waals surface area (Å²) in [4.78, 5) is 11.1. The van der Waals surface area contributed by atoms with E-state index in [2.05, 4.69) is 22.6 Å². The van der Waals surface area contributed by atoms with Gasteiger partial charge in [-0.15, -0.1) is 0 Å². The normalized spacial score (nSPS) is 19.2. The van der Waals surface area contributed by atoms with Gasteiger partial charge in [-0.1, -0.05) is 26.0 Å².